The largest absolute Gasteiger partial charge is 0.494 e. The molecule has 134 heavy (non-hydrogen) atoms. The number of nitrogens with zero attached hydrogens (tertiary/aromatic N) is 9. The Morgan fingerprint density at radius 1 is 0.455 bits per heavy atom. The Bertz CT molecular complexity index is 6300. The van der Waals surface area contributed by atoms with Gasteiger partial charge in [0.15, 0.2) is 0 Å². The number of methoxy groups -OCH3 is 2. The number of furan rings is 1. The van der Waals surface area contributed by atoms with Crippen molar-refractivity contribution in [3.05, 3.63) is 174 Å². The number of ether oxygens (including phenoxy) is 5. The predicted octanol–water partition coefficient (Wildman–Crippen LogP) is 20.7. The number of hydrogen-bond acceptors (Lipinski definition) is 19. The van der Waals surface area contributed by atoms with Crippen molar-refractivity contribution >= 4 is 105 Å². The third-order valence-electron chi connectivity index (χ3n) is 28.2. The fraction of sp³-hybridized carbons (Fsp3) is 0.462. The molecule has 0 spiro atoms. The van der Waals surface area contributed by atoms with Crippen LogP contribution in [0.3, 0.4) is 0 Å². The van der Waals surface area contributed by atoms with E-state index in [0.717, 1.165) is 216 Å². The van der Waals surface area contributed by atoms with Crippen LogP contribution in [-0.4, -0.2) is 193 Å². The average Bonchev–Trinajstić information content (AvgIpc) is 1.48. The van der Waals surface area contributed by atoms with Gasteiger partial charge in [-0.15, -0.1) is 0 Å². The summed E-state index contributed by atoms with van der Waals surface area (Å²) in [5.74, 6) is 2.76. The van der Waals surface area contributed by atoms with Gasteiger partial charge in [0.2, 0.25) is 11.8 Å². The van der Waals surface area contributed by atoms with Crippen molar-refractivity contribution in [1.29, 1.82) is 0 Å². The van der Waals surface area contributed by atoms with Gasteiger partial charge in [0.05, 0.1) is 90.4 Å². The molecule has 0 unspecified atom stereocenters. The van der Waals surface area contributed by atoms with E-state index in [2.05, 4.69) is 164 Å². The zero-order valence-corrected chi connectivity index (χ0v) is 79.9. The molecule has 6 atom stereocenters. The number of nitrogens with one attached hydrogen (secondary N) is 4. The van der Waals surface area contributed by atoms with Gasteiger partial charge in [0, 0.05) is 90.4 Å². The van der Waals surface area contributed by atoms with Crippen LogP contribution >= 0.6 is 0 Å². The molecule has 28 heteroatoms. The van der Waals surface area contributed by atoms with Gasteiger partial charge in [-0.05, 0) is 273 Å². The van der Waals surface area contributed by atoms with Crippen LogP contribution < -0.4 is 20.8 Å². The maximum Gasteiger partial charge on any atom is 0.494 e. The molecule has 12 heterocycles. The number of likely N-dealkylation sites (tertiary alicyclic amines) is 4. The van der Waals surface area contributed by atoms with Crippen LogP contribution in [0.25, 0.3) is 77.8 Å². The van der Waals surface area contributed by atoms with Crippen molar-refractivity contribution in [2.24, 2.45) is 26.8 Å². The van der Waals surface area contributed by atoms with Gasteiger partial charge < -0.3 is 67.8 Å². The summed E-state index contributed by atoms with van der Waals surface area (Å²) in [6.07, 6.45) is 16.4. The molecule has 1 aliphatic carbocycles. The van der Waals surface area contributed by atoms with E-state index >= 15 is 0 Å². The first-order valence-corrected chi connectivity index (χ1v) is 47.8. The number of aliphatic imine (C=N–C) groups is 3. The zero-order chi connectivity index (χ0) is 94.1. The SMILES string of the molecule is CC(C)(C)OC(=O)N1CCC[C@H]1C1=Nc2ccc(-c3ccc4c(c3)oc3cc(-c5cnc(C6CCCC6)[nH]5)ccc34)cc2C1.CC(C)(C)OC(=O)N1CCC[C@H]1C1=Nc2ccc(B3OC(C)(C)C(C)(C)O3)cc2C1.COC(=O)N[C@H](C(=O)N1CCC[C@H]1C1=Nc2ccc(-c3ccc4c(c3)OCc3cc(-c5cnc([C@@H]6CCCN6C(=O)[C@@H](NC(=O)OC)C(C)C)[nH]5)ccc3-4)cc2C1)C(C)C. The van der Waals surface area contributed by atoms with E-state index in [9.17, 15) is 28.8 Å². The third-order valence-corrected chi connectivity index (χ3v) is 28.2. The summed E-state index contributed by atoms with van der Waals surface area (Å²) in [5, 5.41) is 7.66. The number of carbonyl (C=O) groups is 6. The van der Waals surface area contributed by atoms with Gasteiger partial charge in [-0.25, -0.2) is 29.1 Å². The summed E-state index contributed by atoms with van der Waals surface area (Å²) in [7, 11) is 2.21. The van der Waals surface area contributed by atoms with Crippen LogP contribution in [0.2, 0.25) is 0 Å². The molecule has 700 valence electrons. The first kappa shape index (κ1) is 92.0. The Morgan fingerprint density at radius 3 is 1.37 bits per heavy atom. The standard InChI is InChI=1S/C46H53N7O7.C37H38N4O3.C23H33BN2O4/c1-25(2)40(50-45(56)58-5)43(54)52-17-7-9-37(52)35-21-30-19-27(13-16-34(30)48-35)28-11-15-33-32-14-12-29(20-31(32)24-60-39(33)22-28)36-23-47-42(49-36)38-10-8-18-53(38)44(55)41(26(3)4)51-46(57)59-6;1-37(2,3)44-36(42)41-16-6-9-32(41)30-18-26-17-23(12-15-29(26)39-30)24-10-13-27-28-14-11-25(20-34(28)43-33(27)19-24)31-21-38-35(40-31)22-7-4-5-8-22;1-21(2,3)28-20(27)26-12-8-9-19(26)18-14-15-13-16(10-11-17(15)25-18)24-29-22(4,5)23(6,7)30-24/h11-16,19-20,22-23,25-26,37-38,40-41H,7-10,17-18,21,24H2,1-6H3,(H,47,49)(H,50,56)(H,51,57);10-15,17,19-22,32H,4-9,16,18H2,1-3H3,(H,38,40);10-11,13,19H,8-9,12,14H2,1-7H3/t37-,38-,40-,41-;32-;19-/m000/s1. The van der Waals surface area contributed by atoms with E-state index in [4.69, 9.17) is 62.4 Å². The molecule has 20 rings (SSSR count). The Kier molecular flexibility index (Phi) is 25.5. The first-order chi connectivity index (χ1) is 64.1. The highest BCUT2D eigenvalue weighted by Crippen LogP contribution is 2.47. The van der Waals surface area contributed by atoms with Crippen molar-refractivity contribution in [2.75, 3.05) is 40.4 Å². The van der Waals surface area contributed by atoms with Crippen LogP contribution in [-0.2, 0) is 63.7 Å². The maximum absolute atomic E-state index is 13.7. The van der Waals surface area contributed by atoms with Crippen molar-refractivity contribution < 1.29 is 66.2 Å². The summed E-state index contributed by atoms with van der Waals surface area (Å²) in [5.41, 5.74) is 22.0. The van der Waals surface area contributed by atoms with E-state index < -0.39 is 35.5 Å². The summed E-state index contributed by atoms with van der Waals surface area (Å²) in [6.45, 7) is 30.4. The molecule has 6 fully saturated rings. The monoisotopic (exact) mass is 1810 g/mol. The van der Waals surface area contributed by atoms with E-state index in [-0.39, 0.29) is 78.3 Å². The molecule has 5 saturated heterocycles. The molecule has 7 aromatic carbocycles. The molecule has 10 aliphatic rings. The van der Waals surface area contributed by atoms with Gasteiger partial charge in [-0.3, -0.25) is 34.4 Å². The van der Waals surface area contributed by atoms with Gasteiger partial charge in [0.1, 0.15) is 58.5 Å². The quantitative estimate of drug-likeness (QED) is 0.0516. The molecule has 0 bridgehead atoms. The first-order valence-electron chi connectivity index (χ1n) is 47.8. The van der Waals surface area contributed by atoms with E-state index in [1.807, 2.05) is 113 Å². The second kappa shape index (κ2) is 37.1. The molecular formula is C106H124BN13O14. The van der Waals surface area contributed by atoms with Gasteiger partial charge in [-0.2, -0.15) is 0 Å². The molecular weight excluding hydrogens is 1690 g/mol. The van der Waals surface area contributed by atoms with Gasteiger partial charge in [-0.1, -0.05) is 101 Å². The molecule has 0 radical (unpaired) electrons. The Balaban J connectivity index is 0.000000142. The Labute approximate surface area is 783 Å². The molecule has 27 nitrogen and oxygen atoms in total. The number of amides is 6. The number of carbonyl (C=O) groups excluding carboxylic acids is 6. The Hall–Kier alpha value is -12.4. The lowest BCUT2D eigenvalue weighted by Gasteiger charge is -2.32. The summed E-state index contributed by atoms with van der Waals surface area (Å²) < 4.78 is 46.1. The average molecular weight is 1820 g/mol. The van der Waals surface area contributed by atoms with Gasteiger partial charge in [0.25, 0.3) is 0 Å². The predicted molar refractivity (Wildman–Crippen MR) is 520 cm³/mol. The highest BCUT2D eigenvalue weighted by molar-refractivity contribution is 6.62. The Morgan fingerprint density at radius 2 is 0.858 bits per heavy atom. The number of hydrogen-bond donors (Lipinski definition) is 4. The van der Waals surface area contributed by atoms with Crippen LogP contribution in [0, 0.1) is 11.8 Å². The number of benzene rings is 7. The van der Waals surface area contributed by atoms with Crippen LogP contribution in [0.1, 0.15) is 220 Å². The highest BCUT2D eigenvalue weighted by Gasteiger charge is 2.52. The number of aromatic nitrogens is 4. The lowest BCUT2D eigenvalue weighted by molar-refractivity contribution is -0.135. The summed E-state index contributed by atoms with van der Waals surface area (Å²) in [4.78, 5) is 116. The van der Waals surface area contributed by atoms with Crippen molar-refractivity contribution in [1.82, 2.24) is 50.2 Å². The lowest BCUT2D eigenvalue weighted by Crippen LogP contribution is -2.53. The molecule has 3 aromatic heterocycles. The highest BCUT2D eigenvalue weighted by atomic mass is 16.7. The van der Waals surface area contributed by atoms with E-state index in [0.29, 0.717) is 45.1 Å². The van der Waals surface area contributed by atoms with Crippen molar-refractivity contribution in [3.8, 4) is 61.6 Å². The number of aromatic amines is 2. The number of rotatable bonds is 16. The fourth-order valence-electron chi connectivity index (χ4n) is 20.5. The lowest BCUT2D eigenvalue weighted by atomic mass is 9.78. The van der Waals surface area contributed by atoms with E-state index in [1.54, 1.807) is 0 Å². The number of alkyl carbamates (subject to hydrolysis) is 2. The summed E-state index contributed by atoms with van der Waals surface area (Å²) in [6, 6.07) is 42.9. The van der Waals surface area contributed by atoms with Crippen molar-refractivity contribution in [3.63, 3.8) is 0 Å². The summed E-state index contributed by atoms with van der Waals surface area (Å²) >= 11 is 0. The van der Waals surface area contributed by atoms with Crippen LogP contribution in [0.5, 0.6) is 5.75 Å². The molecule has 10 aromatic rings. The van der Waals surface area contributed by atoms with Gasteiger partial charge >= 0.3 is 31.5 Å². The fourth-order valence-corrected chi connectivity index (χ4v) is 20.5. The minimum absolute atomic E-state index is 0.00598. The normalized spacial score (nSPS) is 20.2. The van der Waals surface area contributed by atoms with Crippen LogP contribution in [0.15, 0.2) is 159 Å². The number of fused-ring (bicyclic) bond motifs is 9. The molecule has 4 N–H and O–H groups in total. The second-order valence-corrected chi connectivity index (χ2v) is 41.0. The smallest absolute Gasteiger partial charge is 0.488 e. The number of H-pyrrole nitrogens is 2. The second-order valence-electron chi connectivity index (χ2n) is 41.0. The third kappa shape index (κ3) is 19.0. The zero-order valence-electron chi connectivity index (χ0n) is 79.9. The molecule has 1 saturated carbocycles. The van der Waals surface area contributed by atoms with E-state index in [1.165, 1.54) is 45.5 Å². The molecule has 9 aliphatic heterocycles. The number of imidazole rings is 2. The topological polar surface area (TPSA) is 312 Å². The maximum atomic E-state index is 13.7. The van der Waals surface area contributed by atoms with Crippen molar-refractivity contribution in [2.45, 2.75) is 264 Å². The minimum atomic E-state index is -0.694. The molecule has 6 amide bonds. The van der Waals surface area contributed by atoms with Crippen LogP contribution in [0.4, 0.5) is 36.2 Å². The minimum Gasteiger partial charge on any atom is -0.488 e.